The van der Waals surface area contributed by atoms with E-state index in [0.29, 0.717) is 6.42 Å². The van der Waals surface area contributed by atoms with Gasteiger partial charge in [-0.15, -0.1) is 0 Å². The van der Waals surface area contributed by atoms with E-state index in [1.807, 2.05) is 6.08 Å². The first-order valence-electron chi connectivity index (χ1n) is 18.6. The zero-order valence-electron chi connectivity index (χ0n) is 28.3. The second-order valence-corrected chi connectivity index (χ2v) is 12.6. The third kappa shape index (κ3) is 30.3. The third-order valence-corrected chi connectivity index (χ3v) is 8.43. The van der Waals surface area contributed by atoms with Crippen LogP contribution in [0.25, 0.3) is 0 Å². The smallest absolute Gasteiger partial charge is 0.220 e. The molecule has 0 aliphatic carbocycles. The van der Waals surface area contributed by atoms with Crippen molar-refractivity contribution in [1.82, 2.24) is 5.32 Å². The fourth-order valence-electron chi connectivity index (χ4n) is 5.52. The maximum Gasteiger partial charge on any atom is 0.220 e. The van der Waals surface area contributed by atoms with Gasteiger partial charge in [0.2, 0.25) is 5.91 Å². The molecule has 2 unspecified atom stereocenters. The number of allylic oxidation sites excluding steroid dienone is 3. The van der Waals surface area contributed by atoms with Gasteiger partial charge in [-0.3, -0.25) is 4.79 Å². The van der Waals surface area contributed by atoms with Crippen LogP contribution in [0.5, 0.6) is 0 Å². The molecule has 0 spiro atoms. The number of rotatable bonds is 33. The molecule has 0 bridgehead atoms. The average molecular weight is 592 g/mol. The van der Waals surface area contributed by atoms with Gasteiger partial charge in [0.1, 0.15) is 0 Å². The van der Waals surface area contributed by atoms with Crippen molar-refractivity contribution in [3.8, 4) is 0 Å². The summed E-state index contributed by atoms with van der Waals surface area (Å²) in [5.41, 5.74) is 0. The Hall–Kier alpha value is -1.13. The van der Waals surface area contributed by atoms with E-state index in [0.717, 1.165) is 25.7 Å². The molecule has 0 aliphatic heterocycles. The van der Waals surface area contributed by atoms with Crippen molar-refractivity contribution < 1.29 is 15.0 Å². The maximum absolute atomic E-state index is 12.2. The van der Waals surface area contributed by atoms with Crippen LogP contribution in [0.4, 0.5) is 0 Å². The zero-order chi connectivity index (χ0) is 30.8. The van der Waals surface area contributed by atoms with Gasteiger partial charge in [-0.05, 0) is 44.9 Å². The second kappa shape index (κ2) is 34.4. The molecule has 0 aliphatic rings. The van der Waals surface area contributed by atoms with Crippen LogP contribution < -0.4 is 5.32 Å². The Balaban J connectivity index is 3.48. The lowest BCUT2D eigenvalue weighted by molar-refractivity contribution is -0.123. The number of hydrogen-bond donors (Lipinski definition) is 3. The summed E-state index contributed by atoms with van der Waals surface area (Å²) in [4.78, 5) is 12.2. The SMILES string of the molecule is CCCCCCC/C=C/C(O)C(CO)NC(=O)CCCCCCCCCCCCC/C=C\CCCCCCCCCC. The normalized spacial score (nSPS) is 13.3. The van der Waals surface area contributed by atoms with E-state index in [2.05, 4.69) is 31.3 Å². The van der Waals surface area contributed by atoms with Crippen molar-refractivity contribution >= 4 is 5.91 Å². The maximum atomic E-state index is 12.2. The van der Waals surface area contributed by atoms with Crippen LogP contribution in [0.3, 0.4) is 0 Å². The first-order chi connectivity index (χ1) is 20.7. The minimum Gasteiger partial charge on any atom is -0.394 e. The Kier molecular flexibility index (Phi) is 33.4. The minimum atomic E-state index is -0.833. The Morgan fingerprint density at radius 3 is 1.31 bits per heavy atom. The molecule has 42 heavy (non-hydrogen) atoms. The monoisotopic (exact) mass is 592 g/mol. The fraction of sp³-hybridized carbons (Fsp3) is 0.868. The Morgan fingerprint density at radius 2 is 0.905 bits per heavy atom. The predicted octanol–water partition coefficient (Wildman–Crippen LogP) is 10.9. The number of amides is 1. The van der Waals surface area contributed by atoms with Gasteiger partial charge in [0.25, 0.3) is 0 Å². The topological polar surface area (TPSA) is 69.6 Å². The fourth-order valence-corrected chi connectivity index (χ4v) is 5.52. The molecule has 0 aromatic heterocycles. The molecule has 0 fully saturated rings. The lowest BCUT2D eigenvalue weighted by atomic mass is 10.0. The average Bonchev–Trinajstić information content (AvgIpc) is 2.99. The number of carbonyl (C=O) groups is 1. The molecular weight excluding hydrogens is 518 g/mol. The summed E-state index contributed by atoms with van der Waals surface area (Å²) in [5, 5.41) is 22.7. The first kappa shape index (κ1) is 40.9. The minimum absolute atomic E-state index is 0.0694. The highest BCUT2D eigenvalue weighted by Gasteiger charge is 2.17. The summed E-state index contributed by atoms with van der Waals surface area (Å²) in [6, 6.07) is -0.616. The number of hydrogen-bond acceptors (Lipinski definition) is 3. The Labute approximate surface area is 262 Å². The van der Waals surface area contributed by atoms with E-state index in [-0.39, 0.29) is 12.5 Å². The summed E-state index contributed by atoms with van der Waals surface area (Å²) >= 11 is 0. The quantitative estimate of drug-likeness (QED) is 0.0525. The van der Waals surface area contributed by atoms with E-state index in [1.54, 1.807) is 6.08 Å². The van der Waals surface area contributed by atoms with E-state index in [4.69, 9.17) is 0 Å². The Bertz CT molecular complexity index is 603. The van der Waals surface area contributed by atoms with Crippen LogP contribution in [-0.4, -0.2) is 34.9 Å². The predicted molar refractivity (Wildman–Crippen MR) is 184 cm³/mol. The number of unbranched alkanes of at least 4 members (excludes halogenated alkanes) is 24. The molecule has 4 nitrogen and oxygen atoms in total. The number of aliphatic hydroxyl groups is 2. The van der Waals surface area contributed by atoms with Crippen molar-refractivity contribution in [3.05, 3.63) is 24.3 Å². The van der Waals surface area contributed by atoms with Gasteiger partial charge in [0, 0.05) is 6.42 Å². The molecule has 0 aromatic rings. The van der Waals surface area contributed by atoms with Gasteiger partial charge in [-0.2, -0.15) is 0 Å². The molecule has 0 radical (unpaired) electrons. The van der Waals surface area contributed by atoms with Gasteiger partial charge >= 0.3 is 0 Å². The summed E-state index contributed by atoms with van der Waals surface area (Å²) in [6.07, 6.45) is 42.8. The summed E-state index contributed by atoms with van der Waals surface area (Å²) in [5.74, 6) is -0.0694. The van der Waals surface area contributed by atoms with E-state index in [9.17, 15) is 15.0 Å². The molecule has 0 saturated carbocycles. The number of nitrogens with one attached hydrogen (secondary N) is 1. The van der Waals surface area contributed by atoms with Crippen LogP contribution in [0.2, 0.25) is 0 Å². The van der Waals surface area contributed by atoms with Gasteiger partial charge < -0.3 is 15.5 Å². The molecular formula is C38H73NO3. The summed E-state index contributed by atoms with van der Waals surface area (Å²) < 4.78 is 0. The van der Waals surface area contributed by atoms with Crippen LogP contribution >= 0.6 is 0 Å². The summed E-state index contributed by atoms with van der Waals surface area (Å²) in [7, 11) is 0. The highest BCUT2D eigenvalue weighted by molar-refractivity contribution is 5.76. The number of aliphatic hydroxyl groups excluding tert-OH is 2. The highest BCUT2D eigenvalue weighted by atomic mass is 16.3. The largest absolute Gasteiger partial charge is 0.394 e. The van der Waals surface area contributed by atoms with Crippen LogP contribution in [0.15, 0.2) is 24.3 Å². The van der Waals surface area contributed by atoms with Crippen LogP contribution in [0.1, 0.15) is 194 Å². The van der Waals surface area contributed by atoms with Crippen molar-refractivity contribution in [1.29, 1.82) is 0 Å². The number of carbonyl (C=O) groups excluding carboxylic acids is 1. The van der Waals surface area contributed by atoms with E-state index >= 15 is 0 Å². The highest BCUT2D eigenvalue weighted by Crippen LogP contribution is 2.14. The summed E-state index contributed by atoms with van der Waals surface area (Å²) in [6.45, 7) is 4.25. The zero-order valence-corrected chi connectivity index (χ0v) is 28.3. The standard InChI is InChI=1S/C38H73NO3/c1-3-5-7-9-11-12-13-14-15-16-17-18-19-20-21-22-23-24-25-26-28-30-32-34-38(42)39-36(35-40)37(41)33-31-29-27-10-8-6-4-2/h16-17,31,33,36-37,40-41H,3-15,18-30,32,34-35H2,1-2H3,(H,39,42)/b17-16-,33-31+. The van der Waals surface area contributed by atoms with Gasteiger partial charge in [0.05, 0.1) is 18.8 Å². The lowest BCUT2D eigenvalue weighted by Crippen LogP contribution is -2.45. The Morgan fingerprint density at radius 1 is 0.548 bits per heavy atom. The van der Waals surface area contributed by atoms with Crippen molar-refractivity contribution in [3.63, 3.8) is 0 Å². The van der Waals surface area contributed by atoms with E-state index < -0.39 is 12.1 Å². The first-order valence-corrected chi connectivity index (χ1v) is 18.6. The third-order valence-electron chi connectivity index (χ3n) is 8.43. The molecule has 248 valence electrons. The second-order valence-electron chi connectivity index (χ2n) is 12.6. The molecule has 0 heterocycles. The lowest BCUT2D eigenvalue weighted by Gasteiger charge is -2.20. The van der Waals surface area contributed by atoms with Gasteiger partial charge in [-0.1, -0.05) is 167 Å². The molecule has 4 heteroatoms. The van der Waals surface area contributed by atoms with E-state index in [1.165, 1.54) is 148 Å². The van der Waals surface area contributed by atoms with Crippen molar-refractivity contribution in [2.45, 2.75) is 206 Å². The molecule has 0 rings (SSSR count). The molecule has 0 aromatic carbocycles. The van der Waals surface area contributed by atoms with Crippen LogP contribution in [0, 0.1) is 0 Å². The molecule has 2 atom stereocenters. The van der Waals surface area contributed by atoms with Gasteiger partial charge in [0.15, 0.2) is 0 Å². The van der Waals surface area contributed by atoms with Crippen LogP contribution in [-0.2, 0) is 4.79 Å². The molecule has 3 N–H and O–H groups in total. The molecule has 1 amide bonds. The molecule has 0 saturated heterocycles. The van der Waals surface area contributed by atoms with Gasteiger partial charge in [-0.25, -0.2) is 0 Å². The van der Waals surface area contributed by atoms with Crippen molar-refractivity contribution in [2.24, 2.45) is 0 Å². The van der Waals surface area contributed by atoms with Crippen molar-refractivity contribution in [2.75, 3.05) is 6.61 Å².